The van der Waals surface area contributed by atoms with Crippen molar-refractivity contribution >= 4 is 58.2 Å². The molecule has 2 aliphatic carbocycles. The van der Waals surface area contributed by atoms with Gasteiger partial charge in [-0.15, -0.1) is 0 Å². The number of aryl methyl sites for hydroxylation is 1. The molecule has 8 nitrogen and oxygen atoms in total. The number of benzene rings is 3. The second-order valence-corrected chi connectivity index (χ2v) is 13.4. The van der Waals surface area contributed by atoms with Crippen molar-refractivity contribution in [1.82, 2.24) is 0 Å². The van der Waals surface area contributed by atoms with Gasteiger partial charge in [0.1, 0.15) is 17.3 Å². The Labute approximate surface area is 274 Å². The summed E-state index contributed by atoms with van der Waals surface area (Å²) in [4.78, 5) is 59.2. The van der Waals surface area contributed by atoms with Crippen LogP contribution in [-0.4, -0.2) is 35.8 Å². The number of nitrogens with zero attached hydrogens (tertiary/aromatic N) is 2. The first-order valence-electron chi connectivity index (χ1n) is 14.9. The molecule has 11 heteroatoms. The zero-order valence-electron chi connectivity index (χ0n) is 25.1. The number of phenols is 1. The molecule has 0 bridgehead atoms. The number of hydrogen-bond donors (Lipinski definition) is 1. The molecular formula is C35H29Cl2FN2O6. The van der Waals surface area contributed by atoms with Gasteiger partial charge in [-0.25, -0.2) is 14.2 Å². The van der Waals surface area contributed by atoms with Crippen molar-refractivity contribution in [3.8, 4) is 11.5 Å². The van der Waals surface area contributed by atoms with Crippen molar-refractivity contribution in [2.45, 2.75) is 32.6 Å². The van der Waals surface area contributed by atoms with Gasteiger partial charge in [-0.3, -0.25) is 19.2 Å². The number of phenolic OH excluding ortho intramolecular Hbond substituents is 1. The summed E-state index contributed by atoms with van der Waals surface area (Å²) in [6, 6.07) is 13.4. The number of methoxy groups -OCH3 is 1. The standard InChI is InChI=1S/C35H29Cl2FN2O6/c1-16-7-8-17(13-23(16)36)39-31(42)20-11-10-19-21(28(20)33(39)44)15-22-32(43)40(18-9-12-25(38)24(37)14-18)34(45)35(22,2)30(19)29-26(41)5-4-6-27(29)46-3/h4-10,12-14,20-22,28,30,41H,11,15H2,1-3H3/t20-,21+,22-,28-,30+,35+/m0/s1. The highest BCUT2D eigenvalue weighted by Crippen LogP contribution is 2.65. The molecule has 7 rings (SSSR count). The van der Waals surface area contributed by atoms with Crippen molar-refractivity contribution in [2.24, 2.45) is 29.1 Å². The average Bonchev–Trinajstić information content (AvgIpc) is 3.40. The van der Waals surface area contributed by atoms with Crippen LogP contribution in [0, 0.1) is 41.8 Å². The number of carbonyl (C=O) groups is 4. The minimum Gasteiger partial charge on any atom is -0.508 e. The highest BCUT2D eigenvalue weighted by Gasteiger charge is 2.68. The molecule has 2 heterocycles. The average molecular weight is 664 g/mol. The first-order valence-corrected chi connectivity index (χ1v) is 15.7. The van der Waals surface area contributed by atoms with E-state index in [1.807, 2.05) is 13.0 Å². The predicted octanol–water partition coefficient (Wildman–Crippen LogP) is 6.59. The van der Waals surface area contributed by atoms with E-state index < -0.39 is 58.5 Å². The summed E-state index contributed by atoms with van der Waals surface area (Å²) < 4.78 is 19.8. The second kappa shape index (κ2) is 10.7. The zero-order chi connectivity index (χ0) is 32.8. The molecule has 0 spiro atoms. The van der Waals surface area contributed by atoms with E-state index in [1.165, 1.54) is 30.2 Å². The normalized spacial score (nSPS) is 28.7. The number of anilines is 2. The SMILES string of the molecule is COc1cccc(O)c1[C@H]1C2=CC[C@@H]3C(=O)N(c4ccc(C)c(Cl)c4)C(=O)[C@@H]3[C@@H]2C[C@H]2C(=O)N(c3ccc(F)c(Cl)c3)C(=O)[C@@]12C. The molecule has 4 aliphatic rings. The Kier molecular flexibility index (Phi) is 7.06. The third-order valence-corrected chi connectivity index (χ3v) is 11.1. The molecule has 3 fully saturated rings. The van der Waals surface area contributed by atoms with E-state index in [4.69, 9.17) is 27.9 Å². The number of imide groups is 2. The van der Waals surface area contributed by atoms with Gasteiger partial charge >= 0.3 is 0 Å². The molecule has 1 N–H and O–H groups in total. The Morgan fingerprint density at radius 1 is 0.913 bits per heavy atom. The fraction of sp³-hybridized carbons (Fsp3) is 0.314. The molecule has 2 aliphatic heterocycles. The molecule has 6 atom stereocenters. The van der Waals surface area contributed by atoms with E-state index in [2.05, 4.69) is 0 Å². The van der Waals surface area contributed by atoms with Crippen LogP contribution >= 0.6 is 23.2 Å². The molecule has 4 amide bonds. The number of rotatable bonds is 4. The van der Waals surface area contributed by atoms with Crippen LogP contribution in [0.15, 0.2) is 66.2 Å². The lowest BCUT2D eigenvalue weighted by Gasteiger charge is -2.49. The van der Waals surface area contributed by atoms with E-state index in [-0.39, 0.29) is 35.2 Å². The van der Waals surface area contributed by atoms with Gasteiger partial charge in [-0.05, 0) is 80.6 Å². The lowest BCUT2D eigenvalue weighted by atomic mass is 9.51. The summed E-state index contributed by atoms with van der Waals surface area (Å²) in [6.07, 6.45) is 2.22. The fourth-order valence-electron chi connectivity index (χ4n) is 8.17. The number of carbonyl (C=O) groups excluding carboxylic acids is 4. The summed E-state index contributed by atoms with van der Waals surface area (Å²) in [5, 5.41) is 11.5. The van der Waals surface area contributed by atoms with Crippen LogP contribution in [0.5, 0.6) is 11.5 Å². The molecule has 0 aromatic heterocycles. The number of hydrogen-bond acceptors (Lipinski definition) is 6. The first-order chi connectivity index (χ1) is 21.9. The van der Waals surface area contributed by atoms with Crippen molar-refractivity contribution in [1.29, 1.82) is 0 Å². The van der Waals surface area contributed by atoms with Crippen LogP contribution in [0.3, 0.4) is 0 Å². The molecular weight excluding hydrogens is 634 g/mol. The van der Waals surface area contributed by atoms with Crippen molar-refractivity contribution in [3.05, 3.63) is 93.2 Å². The van der Waals surface area contributed by atoms with E-state index in [0.717, 1.165) is 16.5 Å². The minimum atomic E-state index is -1.44. The molecule has 0 radical (unpaired) electrons. The monoisotopic (exact) mass is 662 g/mol. The highest BCUT2D eigenvalue weighted by molar-refractivity contribution is 6.32. The Balaban J connectivity index is 1.39. The molecule has 46 heavy (non-hydrogen) atoms. The van der Waals surface area contributed by atoms with Crippen LogP contribution < -0.4 is 14.5 Å². The largest absolute Gasteiger partial charge is 0.508 e. The Hall–Kier alpha value is -4.21. The van der Waals surface area contributed by atoms with Gasteiger partial charge < -0.3 is 9.84 Å². The molecule has 236 valence electrons. The Morgan fingerprint density at radius 2 is 1.61 bits per heavy atom. The zero-order valence-corrected chi connectivity index (χ0v) is 26.6. The smallest absolute Gasteiger partial charge is 0.241 e. The van der Waals surface area contributed by atoms with E-state index in [0.29, 0.717) is 27.6 Å². The van der Waals surface area contributed by atoms with Crippen molar-refractivity contribution in [3.63, 3.8) is 0 Å². The van der Waals surface area contributed by atoms with Gasteiger partial charge in [0.05, 0.1) is 46.7 Å². The van der Waals surface area contributed by atoms with Gasteiger partial charge in [0.25, 0.3) is 0 Å². The maximum atomic E-state index is 14.6. The van der Waals surface area contributed by atoms with Gasteiger partial charge in [-0.1, -0.05) is 47.0 Å². The van der Waals surface area contributed by atoms with Crippen LogP contribution in [0.2, 0.25) is 10.0 Å². The number of allylic oxidation sites excluding steroid dienone is 2. The van der Waals surface area contributed by atoms with Crippen LogP contribution in [0.1, 0.15) is 36.8 Å². The molecule has 3 aromatic carbocycles. The summed E-state index contributed by atoms with van der Waals surface area (Å²) >= 11 is 12.4. The number of ether oxygens (including phenoxy) is 1. The van der Waals surface area contributed by atoms with E-state index >= 15 is 0 Å². The van der Waals surface area contributed by atoms with Crippen LogP contribution in [0.4, 0.5) is 15.8 Å². The fourth-order valence-corrected chi connectivity index (χ4v) is 8.52. The maximum Gasteiger partial charge on any atom is 0.241 e. The molecule has 2 saturated heterocycles. The van der Waals surface area contributed by atoms with Gasteiger partial charge in [0, 0.05) is 16.5 Å². The Bertz CT molecular complexity index is 1910. The van der Waals surface area contributed by atoms with Crippen LogP contribution in [-0.2, 0) is 19.2 Å². The summed E-state index contributed by atoms with van der Waals surface area (Å²) in [6.45, 7) is 3.51. The lowest BCUT2D eigenvalue weighted by Crippen LogP contribution is -2.49. The van der Waals surface area contributed by atoms with Crippen molar-refractivity contribution in [2.75, 3.05) is 16.9 Å². The summed E-state index contributed by atoms with van der Waals surface area (Å²) in [5.74, 6) is -6.32. The number of fused-ring (bicyclic) bond motifs is 4. The topological polar surface area (TPSA) is 104 Å². The second-order valence-electron chi connectivity index (χ2n) is 12.6. The number of halogens is 3. The maximum absolute atomic E-state index is 14.6. The lowest BCUT2D eigenvalue weighted by molar-refractivity contribution is -0.131. The highest BCUT2D eigenvalue weighted by atomic mass is 35.5. The molecule has 0 unspecified atom stereocenters. The van der Waals surface area contributed by atoms with Crippen molar-refractivity contribution < 1.29 is 33.4 Å². The van der Waals surface area contributed by atoms with Gasteiger partial charge in [0.15, 0.2) is 0 Å². The minimum absolute atomic E-state index is 0.105. The third kappa shape index (κ3) is 4.10. The quantitative estimate of drug-likeness (QED) is 0.250. The molecule has 3 aromatic rings. The number of amides is 4. The third-order valence-electron chi connectivity index (χ3n) is 10.4. The Morgan fingerprint density at radius 3 is 2.30 bits per heavy atom. The van der Waals surface area contributed by atoms with Crippen LogP contribution in [0.25, 0.3) is 0 Å². The predicted molar refractivity (Wildman–Crippen MR) is 169 cm³/mol. The van der Waals surface area contributed by atoms with E-state index in [9.17, 15) is 28.7 Å². The molecule has 1 saturated carbocycles. The van der Waals surface area contributed by atoms with Gasteiger partial charge in [0.2, 0.25) is 23.6 Å². The summed E-state index contributed by atoms with van der Waals surface area (Å²) in [5.41, 5.74) is 0.843. The summed E-state index contributed by atoms with van der Waals surface area (Å²) in [7, 11) is 1.45. The van der Waals surface area contributed by atoms with Gasteiger partial charge in [-0.2, -0.15) is 0 Å². The first kappa shape index (κ1) is 30.4. The number of aromatic hydroxyl groups is 1. The van der Waals surface area contributed by atoms with E-state index in [1.54, 1.807) is 37.3 Å².